The Morgan fingerprint density at radius 3 is 2.72 bits per heavy atom. The first-order valence-electron chi connectivity index (χ1n) is 10.0. The van der Waals surface area contributed by atoms with Crippen molar-refractivity contribution in [2.24, 2.45) is 0 Å². The molecule has 3 heterocycles. The predicted octanol–water partition coefficient (Wildman–Crippen LogP) is 5.84. The van der Waals surface area contributed by atoms with E-state index in [9.17, 15) is 4.39 Å². The van der Waals surface area contributed by atoms with Crippen LogP contribution in [0, 0.1) is 5.82 Å². The van der Waals surface area contributed by atoms with E-state index in [1.165, 1.54) is 11.6 Å². The SMILES string of the molecule is C[C@H](c1nc2ccc(Cl)cc2[nH]1)N1CCC(c2ccnc3ccc(F)cc23)CC1. The third-order valence-corrected chi connectivity index (χ3v) is 6.35. The lowest BCUT2D eigenvalue weighted by Gasteiger charge is -2.35. The van der Waals surface area contributed by atoms with Gasteiger partial charge in [0.15, 0.2) is 0 Å². The lowest BCUT2D eigenvalue weighted by molar-refractivity contribution is 0.158. The highest BCUT2D eigenvalue weighted by Gasteiger charge is 2.27. The lowest BCUT2D eigenvalue weighted by atomic mass is 9.87. The second kappa shape index (κ2) is 7.39. The number of hydrogen-bond donors (Lipinski definition) is 1. The van der Waals surface area contributed by atoms with Crippen molar-refractivity contribution in [3.8, 4) is 0 Å². The number of piperidine rings is 1. The van der Waals surface area contributed by atoms with Gasteiger partial charge in [-0.3, -0.25) is 9.88 Å². The second-order valence-corrected chi connectivity index (χ2v) is 8.27. The molecule has 1 aliphatic heterocycles. The van der Waals surface area contributed by atoms with Crippen molar-refractivity contribution >= 4 is 33.5 Å². The Balaban J connectivity index is 1.34. The zero-order chi connectivity index (χ0) is 20.0. The van der Waals surface area contributed by atoms with Gasteiger partial charge in [0.25, 0.3) is 0 Å². The number of fused-ring (bicyclic) bond motifs is 2. The van der Waals surface area contributed by atoms with Crippen molar-refractivity contribution in [3.63, 3.8) is 0 Å². The van der Waals surface area contributed by atoms with Gasteiger partial charge in [0.2, 0.25) is 0 Å². The van der Waals surface area contributed by atoms with Crippen molar-refractivity contribution in [3.05, 3.63) is 70.9 Å². The number of pyridine rings is 1. The molecule has 4 nitrogen and oxygen atoms in total. The van der Waals surface area contributed by atoms with E-state index in [1.54, 1.807) is 12.1 Å². The number of likely N-dealkylation sites (tertiary alicyclic amines) is 1. The summed E-state index contributed by atoms with van der Waals surface area (Å²) in [6, 6.07) is 12.8. The summed E-state index contributed by atoms with van der Waals surface area (Å²) in [5, 5.41) is 1.65. The summed E-state index contributed by atoms with van der Waals surface area (Å²) in [4.78, 5) is 15.0. The van der Waals surface area contributed by atoms with Crippen LogP contribution in [0.1, 0.15) is 43.1 Å². The first-order valence-corrected chi connectivity index (χ1v) is 10.4. The van der Waals surface area contributed by atoms with Gasteiger partial charge >= 0.3 is 0 Å². The number of aromatic nitrogens is 3. The van der Waals surface area contributed by atoms with Gasteiger partial charge in [-0.25, -0.2) is 9.37 Å². The molecule has 0 bridgehead atoms. The Kier molecular flexibility index (Phi) is 4.72. The number of hydrogen-bond acceptors (Lipinski definition) is 3. The Labute approximate surface area is 173 Å². The van der Waals surface area contributed by atoms with Crippen LogP contribution in [-0.4, -0.2) is 32.9 Å². The van der Waals surface area contributed by atoms with Crippen LogP contribution >= 0.6 is 11.6 Å². The summed E-state index contributed by atoms with van der Waals surface area (Å²) >= 11 is 6.10. The fraction of sp³-hybridized carbons (Fsp3) is 0.304. The summed E-state index contributed by atoms with van der Waals surface area (Å²) in [6.45, 7) is 4.14. The number of nitrogens with one attached hydrogen (secondary N) is 1. The molecule has 1 fully saturated rings. The van der Waals surface area contributed by atoms with Crippen molar-refractivity contribution in [2.45, 2.75) is 31.7 Å². The third kappa shape index (κ3) is 3.49. The van der Waals surface area contributed by atoms with Crippen LogP contribution in [0.4, 0.5) is 4.39 Å². The van der Waals surface area contributed by atoms with E-state index in [0.29, 0.717) is 10.9 Å². The summed E-state index contributed by atoms with van der Waals surface area (Å²) in [5.41, 5.74) is 3.98. The van der Waals surface area contributed by atoms with Crippen LogP contribution in [0.5, 0.6) is 0 Å². The van der Waals surface area contributed by atoms with E-state index >= 15 is 0 Å². The summed E-state index contributed by atoms with van der Waals surface area (Å²) < 4.78 is 13.8. The number of H-pyrrole nitrogens is 1. The van der Waals surface area contributed by atoms with Crippen LogP contribution in [0.2, 0.25) is 5.02 Å². The van der Waals surface area contributed by atoms with Crippen molar-refractivity contribution in [2.75, 3.05) is 13.1 Å². The van der Waals surface area contributed by atoms with Crippen LogP contribution < -0.4 is 0 Å². The molecule has 29 heavy (non-hydrogen) atoms. The molecule has 4 aromatic rings. The van der Waals surface area contributed by atoms with Gasteiger partial charge in [0.05, 0.1) is 22.6 Å². The van der Waals surface area contributed by atoms with Crippen molar-refractivity contribution in [1.29, 1.82) is 0 Å². The molecule has 2 aromatic heterocycles. The second-order valence-electron chi connectivity index (χ2n) is 7.83. The lowest BCUT2D eigenvalue weighted by Crippen LogP contribution is -2.35. The maximum atomic E-state index is 13.8. The number of imidazole rings is 1. The molecule has 5 rings (SSSR count). The standard InChI is InChI=1S/C23H22ClFN4/c1-14(23-27-21-4-2-16(24)12-22(21)28-23)29-10-7-15(8-11-29)18-6-9-26-20-5-3-17(25)13-19(18)20/h2-6,9,12-15H,7-8,10-11H2,1H3,(H,27,28)/t14-/m1/s1. The Bertz CT molecular complexity index is 1180. The highest BCUT2D eigenvalue weighted by Crippen LogP contribution is 2.35. The summed E-state index contributed by atoms with van der Waals surface area (Å²) in [5.74, 6) is 1.18. The van der Waals surface area contributed by atoms with Gasteiger partial charge in [-0.15, -0.1) is 0 Å². The molecule has 0 aliphatic carbocycles. The summed E-state index contributed by atoms with van der Waals surface area (Å²) in [7, 11) is 0. The predicted molar refractivity (Wildman–Crippen MR) is 115 cm³/mol. The Hall–Kier alpha value is -2.50. The first kappa shape index (κ1) is 18.5. The number of aromatic amines is 1. The number of nitrogens with zero attached hydrogens (tertiary/aromatic N) is 3. The van der Waals surface area contributed by atoms with Crippen LogP contribution in [-0.2, 0) is 0 Å². The maximum absolute atomic E-state index is 13.8. The molecular formula is C23H22ClFN4. The monoisotopic (exact) mass is 408 g/mol. The minimum absolute atomic E-state index is 0.203. The van der Waals surface area contributed by atoms with E-state index in [-0.39, 0.29) is 11.9 Å². The third-order valence-electron chi connectivity index (χ3n) is 6.11. The quantitative estimate of drug-likeness (QED) is 0.462. The largest absolute Gasteiger partial charge is 0.341 e. The minimum Gasteiger partial charge on any atom is -0.341 e. The van der Waals surface area contributed by atoms with Gasteiger partial charge in [-0.2, -0.15) is 0 Å². The minimum atomic E-state index is -0.206. The van der Waals surface area contributed by atoms with E-state index in [1.807, 2.05) is 24.4 Å². The van der Waals surface area contributed by atoms with Gasteiger partial charge in [-0.05, 0) is 86.8 Å². The van der Waals surface area contributed by atoms with Gasteiger partial charge in [0.1, 0.15) is 11.6 Å². The number of halogens is 2. The molecule has 1 N–H and O–H groups in total. The zero-order valence-electron chi connectivity index (χ0n) is 16.2. The van der Waals surface area contributed by atoms with Gasteiger partial charge < -0.3 is 4.98 Å². The van der Waals surface area contributed by atoms with Crippen LogP contribution in [0.15, 0.2) is 48.7 Å². The smallest absolute Gasteiger partial charge is 0.124 e. The molecule has 0 spiro atoms. The molecule has 0 amide bonds. The fourth-order valence-electron chi connectivity index (χ4n) is 4.47. The van der Waals surface area contributed by atoms with Crippen molar-refractivity contribution in [1.82, 2.24) is 19.9 Å². The molecule has 2 aromatic carbocycles. The first-order chi connectivity index (χ1) is 14.1. The average molecular weight is 409 g/mol. The van der Waals surface area contributed by atoms with Gasteiger partial charge in [-0.1, -0.05) is 11.6 Å². The molecule has 1 aliphatic rings. The van der Waals surface area contributed by atoms with Gasteiger partial charge in [0, 0.05) is 16.6 Å². The topological polar surface area (TPSA) is 44.8 Å². The Morgan fingerprint density at radius 1 is 1.10 bits per heavy atom. The highest BCUT2D eigenvalue weighted by atomic mass is 35.5. The van der Waals surface area contributed by atoms with Crippen molar-refractivity contribution < 1.29 is 4.39 Å². The van der Waals surface area contributed by atoms with E-state index < -0.39 is 0 Å². The molecular weight excluding hydrogens is 387 g/mol. The molecule has 0 unspecified atom stereocenters. The van der Waals surface area contributed by atoms with Crippen LogP contribution in [0.25, 0.3) is 21.9 Å². The average Bonchev–Trinajstić information content (AvgIpc) is 3.16. The maximum Gasteiger partial charge on any atom is 0.124 e. The van der Waals surface area contributed by atoms with E-state index in [2.05, 4.69) is 27.9 Å². The molecule has 0 saturated carbocycles. The van der Waals surface area contributed by atoms with Crippen LogP contribution in [0.3, 0.4) is 0 Å². The number of rotatable bonds is 3. The highest BCUT2D eigenvalue weighted by molar-refractivity contribution is 6.31. The van der Waals surface area contributed by atoms with E-state index in [4.69, 9.17) is 16.6 Å². The molecule has 0 radical (unpaired) electrons. The normalized spacial score (nSPS) is 17.2. The van der Waals surface area contributed by atoms with E-state index in [0.717, 1.165) is 53.7 Å². The molecule has 6 heteroatoms. The molecule has 1 atom stereocenters. The number of benzene rings is 2. The summed E-state index contributed by atoms with van der Waals surface area (Å²) in [6.07, 6.45) is 3.90. The molecule has 1 saturated heterocycles. The zero-order valence-corrected chi connectivity index (χ0v) is 17.0. The molecule has 148 valence electrons. The fourth-order valence-corrected chi connectivity index (χ4v) is 4.64. The Morgan fingerprint density at radius 2 is 1.90 bits per heavy atom.